The Balaban J connectivity index is 1.53. The van der Waals surface area contributed by atoms with E-state index in [9.17, 15) is 19.5 Å². The highest BCUT2D eigenvalue weighted by Crippen LogP contribution is 2.60. The van der Waals surface area contributed by atoms with Crippen molar-refractivity contribution in [2.45, 2.75) is 49.0 Å². The SMILES string of the molecule is C=CCN(Cn1nnc2ccccc21)C(=O)[C@@H]1N(CCCO)C(=O)[C@H]2[C@H](C(=O)OCC)[C@H]3O[C@@]12CC3Br. The Kier molecular flexibility index (Phi) is 7.08. The molecule has 3 aliphatic heterocycles. The summed E-state index contributed by atoms with van der Waals surface area (Å²) in [7, 11) is 0. The molecule has 0 radical (unpaired) electrons. The van der Waals surface area contributed by atoms with Crippen LogP contribution in [0.25, 0.3) is 11.0 Å². The molecule has 0 saturated carbocycles. The number of alkyl halides is 1. The van der Waals surface area contributed by atoms with E-state index in [0.29, 0.717) is 18.4 Å². The molecule has 3 fully saturated rings. The van der Waals surface area contributed by atoms with Gasteiger partial charge in [0.05, 0.1) is 30.1 Å². The predicted molar refractivity (Wildman–Crippen MR) is 135 cm³/mol. The Morgan fingerprint density at radius 2 is 2.19 bits per heavy atom. The Morgan fingerprint density at radius 1 is 1.41 bits per heavy atom. The summed E-state index contributed by atoms with van der Waals surface area (Å²) < 4.78 is 13.4. The molecule has 11 nitrogen and oxygen atoms in total. The molecule has 2 aromatic rings. The number of hydrogen-bond acceptors (Lipinski definition) is 8. The van der Waals surface area contributed by atoms with E-state index in [1.807, 2.05) is 24.3 Å². The van der Waals surface area contributed by atoms with Crippen molar-refractivity contribution in [3.8, 4) is 0 Å². The van der Waals surface area contributed by atoms with Crippen molar-refractivity contribution >= 4 is 44.7 Å². The number of carbonyl (C=O) groups excluding carboxylic acids is 3. The van der Waals surface area contributed by atoms with E-state index in [-0.39, 0.29) is 49.6 Å². The lowest BCUT2D eigenvalue weighted by atomic mass is 9.70. The van der Waals surface area contributed by atoms with Gasteiger partial charge < -0.3 is 24.4 Å². The average Bonchev–Trinajstić information content (AvgIpc) is 3.60. The zero-order valence-corrected chi connectivity index (χ0v) is 22.1. The first kappa shape index (κ1) is 25.8. The van der Waals surface area contributed by atoms with E-state index in [2.05, 4.69) is 32.8 Å². The lowest BCUT2D eigenvalue weighted by Gasteiger charge is -2.37. The number of rotatable bonds is 10. The van der Waals surface area contributed by atoms with E-state index in [1.165, 1.54) is 4.90 Å². The van der Waals surface area contributed by atoms with Crippen LogP contribution in [-0.4, -0.2) is 96.6 Å². The fraction of sp³-hybridized carbons (Fsp3) is 0.560. The third kappa shape index (κ3) is 4.05. The molecule has 6 atom stereocenters. The van der Waals surface area contributed by atoms with E-state index >= 15 is 0 Å². The third-order valence-corrected chi connectivity index (χ3v) is 8.37. The minimum absolute atomic E-state index is 0.0904. The number of aromatic nitrogens is 3. The van der Waals surface area contributed by atoms with Crippen molar-refractivity contribution in [1.29, 1.82) is 0 Å². The minimum atomic E-state index is -1.19. The van der Waals surface area contributed by atoms with Crippen molar-refractivity contribution in [2.24, 2.45) is 11.8 Å². The number of likely N-dealkylation sites (tertiary alicyclic amines) is 1. The summed E-state index contributed by atoms with van der Waals surface area (Å²) in [5.41, 5.74) is 0.273. The number of esters is 1. The summed E-state index contributed by atoms with van der Waals surface area (Å²) in [5.74, 6) is -2.80. The molecule has 1 aromatic carbocycles. The van der Waals surface area contributed by atoms with Crippen molar-refractivity contribution in [3.05, 3.63) is 36.9 Å². The second kappa shape index (κ2) is 10.1. The summed E-state index contributed by atoms with van der Waals surface area (Å²) in [5, 5.41) is 17.9. The first-order valence-electron chi connectivity index (χ1n) is 12.5. The molecular weight excluding hydrogens is 546 g/mol. The number of aliphatic hydroxyl groups excluding tert-OH is 1. The zero-order chi connectivity index (χ0) is 26.3. The number of ether oxygens (including phenoxy) is 2. The van der Waals surface area contributed by atoms with Gasteiger partial charge >= 0.3 is 5.97 Å². The van der Waals surface area contributed by atoms with Crippen LogP contribution in [0.1, 0.15) is 19.8 Å². The summed E-state index contributed by atoms with van der Waals surface area (Å²) >= 11 is 3.63. The van der Waals surface area contributed by atoms with Gasteiger partial charge in [0.25, 0.3) is 0 Å². The number of benzene rings is 1. The number of hydrogen-bond donors (Lipinski definition) is 1. The Hall–Kier alpha value is -2.83. The smallest absolute Gasteiger partial charge is 0.312 e. The summed E-state index contributed by atoms with van der Waals surface area (Å²) in [6.07, 6.45) is 1.72. The van der Waals surface area contributed by atoms with Gasteiger partial charge in [0.1, 0.15) is 23.8 Å². The molecule has 3 aliphatic rings. The highest BCUT2D eigenvalue weighted by molar-refractivity contribution is 9.09. The highest BCUT2D eigenvalue weighted by Gasteiger charge is 2.77. The maximum atomic E-state index is 14.3. The summed E-state index contributed by atoms with van der Waals surface area (Å²) in [6.45, 7) is 6.02. The third-order valence-electron chi connectivity index (χ3n) is 7.53. The molecule has 1 spiro atoms. The van der Waals surface area contributed by atoms with Gasteiger partial charge in [-0.25, -0.2) is 4.68 Å². The van der Waals surface area contributed by atoms with Gasteiger partial charge in [-0.05, 0) is 31.9 Å². The maximum Gasteiger partial charge on any atom is 0.312 e. The number of nitrogens with zero attached hydrogens (tertiary/aromatic N) is 5. The number of fused-ring (bicyclic) bond motifs is 2. The number of para-hydroxylation sites is 1. The lowest BCUT2D eigenvalue weighted by Crippen LogP contribution is -2.57. The van der Waals surface area contributed by atoms with E-state index in [4.69, 9.17) is 9.47 Å². The average molecular weight is 576 g/mol. The van der Waals surface area contributed by atoms with Crippen molar-refractivity contribution < 1.29 is 29.0 Å². The Labute approximate surface area is 222 Å². The van der Waals surface area contributed by atoms with Gasteiger partial charge in [-0.1, -0.05) is 39.4 Å². The van der Waals surface area contributed by atoms with Gasteiger partial charge in [0.15, 0.2) is 0 Å². The van der Waals surface area contributed by atoms with E-state index in [1.54, 1.807) is 22.6 Å². The molecular formula is C25H30BrN5O6. The van der Waals surface area contributed by atoms with Crippen LogP contribution in [0.3, 0.4) is 0 Å². The molecule has 2 amide bonds. The van der Waals surface area contributed by atoms with Gasteiger partial charge in [0.2, 0.25) is 11.8 Å². The van der Waals surface area contributed by atoms with Crippen LogP contribution in [-0.2, 0) is 30.5 Å². The van der Waals surface area contributed by atoms with E-state index < -0.39 is 35.6 Å². The van der Waals surface area contributed by atoms with Gasteiger partial charge in [-0.3, -0.25) is 14.4 Å². The molecule has 1 N–H and O–H groups in total. The van der Waals surface area contributed by atoms with Crippen LogP contribution in [0.5, 0.6) is 0 Å². The first-order valence-corrected chi connectivity index (χ1v) is 13.4. The number of carbonyl (C=O) groups is 3. The topological polar surface area (TPSA) is 127 Å². The van der Waals surface area contributed by atoms with Crippen molar-refractivity contribution in [1.82, 2.24) is 24.8 Å². The second-order valence-corrected chi connectivity index (χ2v) is 10.8. The van der Waals surface area contributed by atoms with Crippen LogP contribution in [0.4, 0.5) is 0 Å². The largest absolute Gasteiger partial charge is 0.466 e. The molecule has 1 aromatic heterocycles. The standard InChI is InChI=1S/C25H30BrN5O6/c1-3-10-29(14-31-17-9-6-5-8-16(17)27-28-31)23(34)21-25-13-15(26)20(37-25)18(24(35)36-4-2)19(25)22(33)30(21)11-7-12-32/h3,5-6,8-9,15,18-21,32H,1,4,7,10-14H2,2H3/t15?,18-,19+,20-,21-,25+/m0/s1. The van der Waals surface area contributed by atoms with Crippen LogP contribution >= 0.6 is 15.9 Å². The van der Waals surface area contributed by atoms with Crippen LogP contribution in [0, 0.1) is 11.8 Å². The molecule has 3 saturated heterocycles. The molecule has 37 heavy (non-hydrogen) atoms. The second-order valence-electron chi connectivity index (χ2n) is 9.59. The molecule has 198 valence electrons. The monoisotopic (exact) mass is 575 g/mol. The Morgan fingerprint density at radius 3 is 2.92 bits per heavy atom. The van der Waals surface area contributed by atoms with Crippen LogP contribution in [0.15, 0.2) is 36.9 Å². The van der Waals surface area contributed by atoms with E-state index in [0.717, 1.165) is 5.52 Å². The fourth-order valence-electron chi connectivity index (χ4n) is 6.13. The van der Waals surface area contributed by atoms with Gasteiger partial charge in [-0.15, -0.1) is 11.7 Å². The molecule has 5 rings (SSSR count). The maximum absolute atomic E-state index is 14.3. The van der Waals surface area contributed by atoms with Crippen molar-refractivity contribution in [2.75, 3.05) is 26.3 Å². The quantitative estimate of drug-likeness (QED) is 0.253. The van der Waals surface area contributed by atoms with Crippen LogP contribution in [0.2, 0.25) is 0 Å². The highest BCUT2D eigenvalue weighted by atomic mass is 79.9. The molecule has 0 aliphatic carbocycles. The number of halogens is 1. The lowest BCUT2D eigenvalue weighted by molar-refractivity contribution is -0.155. The molecule has 4 heterocycles. The predicted octanol–water partition coefficient (Wildman–Crippen LogP) is 1.10. The molecule has 12 heteroatoms. The fourth-order valence-corrected chi connectivity index (χ4v) is 7.07. The summed E-state index contributed by atoms with van der Waals surface area (Å²) in [4.78, 5) is 43.9. The first-order chi connectivity index (χ1) is 17.9. The molecule has 1 unspecified atom stereocenters. The number of aliphatic hydroxyl groups is 1. The van der Waals surface area contributed by atoms with Gasteiger partial charge in [-0.2, -0.15) is 0 Å². The number of amides is 2. The normalized spacial score (nSPS) is 30.1. The zero-order valence-electron chi connectivity index (χ0n) is 20.5. The summed E-state index contributed by atoms with van der Waals surface area (Å²) in [6, 6.07) is 6.46. The van der Waals surface area contributed by atoms with Crippen LogP contribution < -0.4 is 0 Å². The van der Waals surface area contributed by atoms with Crippen molar-refractivity contribution in [3.63, 3.8) is 0 Å². The minimum Gasteiger partial charge on any atom is -0.466 e. The van der Waals surface area contributed by atoms with Gasteiger partial charge in [0, 0.05) is 24.5 Å². The Bertz CT molecular complexity index is 1220. The molecule has 2 bridgehead atoms.